The van der Waals surface area contributed by atoms with Gasteiger partial charge in [0.25, 0.3) is 0 Å². The fourth-order valence-electron chi connectivity index (χ4n) is 1.52. The first-order chi connectivity index (χ1) is 8.28. The third kappa shape index (κ3) is 5.18. The first-order valence-electron chi connectivity index (χ1n) is 5.62. The van der Waals surface area contributed by atoms with E-state index in [1.54, 1.807) is 25.2 Å². The van der Waals surface area contributed by atoms with Crippen molar-refractivity contribution in [2.24, 2.45) is 0 Å². The Kier molecular flexibility index (Phi) is 4.72. The Morgan fingerprint density at radius 2 is 2.06 bits per heavy atom. The molecule has 18 heavy (non-hydrogen) atoms. The number of rotatable bonds is 5. The zero-order chi connectivity index (χ0) is 13.8. The number of carboxylic acids is 1. The number of thiophene rings is 1. The van der Waals surface area contributed by atoms with Crippen molar-refractivity contribution in [3.8, 4) is 0 Å². The maximum atomic E-state index is 11.6. The molecular formula is C12H18N2O3S. The Hall–Kier alpha value is -1.56. The minimum Gasteiger partial charge on any atom is -0.481 e. The van der Waals surface area contributed by atoms with Gasteiger partial charge < -0.3 is 15.7 Å². The van der Waals surface area contributed by atoms with Crippen LogP contribution in [0, 0.1) is 6.92 Å². The van der Waals surface area contributed by atoms with E-state index < -0.39 is 11.5 Å². The van der Waals surface area contributed by atoms with Gasteiger partial charge >= 0.3 is 12.0 Å². The molecule has 0 aliphatic heterocycles. The summed E-state index contributed by atoms with van der Waals surface area (Å²) in [6.45, 7) is 5.81. The van der Waals surface area contributed by atoms with Crippen molar-refractivity contribution >= 4 is 23.3 Å². The third-order valence-corrected chi connectivity index (χ3v) is 3.26. The van der Waals surface area contributed by atoms with E-state index in [0.29, 0.717) is 6.54 Å². The summed E-state index contributed by atoms with van der Waals surface area (Å²) in [5.41, 5.74) is -0.763. The minimum atomic E-state index is -0.936. The fraction of sp³-hybridized carbons (Fsp3) is 0.500. The average molecular weight is 270 g/mol. The number of hydrogen-bond acceptors (Lipinski definition) is 3. The second-order valence-electron chi connectivity index (χ2n) is 4.77. The second-order valence-corrected chi connectivity index (χ2v) is 6.15. The van der Waals surface area contributed by atoms with Crippen LogP contribution in [0.3, 0.4) is 0 Å². The highest BCUT2D eigenvalue weighted by atomic mass is 32.1. The van der Waals surface area contributed by atoms with Gasteiger partial charge in [0.1, 0.15) is 0 Å². The lowest BCUT2D eigenvalue weighted by molar-refractivity contribution is -0.138. The van der Waals surface area contributed by atoms with Crippen LogP contribution in [-0.2, 0) is 11.3 Å². The maximum absolute atomic E-state index is 11.6. The molecule has 1 rings (SSSR count). The molecule has 0 saturated heterocycles. The molecule has 0 radical (unpaired) electrons. The fourth-order valence-corrected chi connectivity index (χ4v) is 2.35. The topological polar surface area (TPSA) is 78.4 Å². The van der Waals surface area contributed by atoms with E-state index in [9.17, 15) is 9.59 Å². The summed E-state index contributed by atoms with van der Waals surface area (Å²) in [7, 11) is 0. The lowest BCUT2D eigenvalue weighted by Gasteiger charge is -2.24. The summed E-state index contributed by atoms with van der Waals surface area (Å²) >= 11 is 1.62. The lowest BCUT2D eigenvalue weighted by atomic mass is 10.0. The Morgan fingerprint density at radius 1 is 1.39 bits per heavy atom. The standard InChI is InChI=1S/C12H18N2O3S/c1-8-4-5-9(18-8)7-13-11(17)14-12(2,3)6-10(15)16/h4-5H,6-7H2,1-3H3,(H,15,16)(H2,13,14,17). The van der Waals surface area contributed by atoms with Crippen molar-refractivity contribution < 1.29 is 14.7 Å². The summed E-state index contributed by atoms with van der Waals surface area (Å²) in [6.07, 6.45) is -0.113. The van der Waals surface area contributed by atoms with Gasteiger partial charge in [-0.3, -0.25) is 4.79 Å². The molecular weight excluding hydrogens is 252 g/mol. The number of aryl methyl sites for hydroxylation is 1. The van der Waals surface area contributed by atoms with Gasteiger partial charge in [-0.25, -0.2) is 4.79 Å². The Morgan fingerprint density at radius 3 is 2.56 bits per heavy atom. The number of amides is 2. The van der Waals surface area contributed by atoms with Crippen LogP contribution >= 0.6 is 11.3 Å². The molecule has 5 nitrogen and oxygen atoms in total. The summed E-state index contributed by atoms with van der Waals surface area (Å²) in [5.74, 6) is -0.936. The summed E-state index contributed by atoms with van der Waals surface area (Å²) in [4.78, 5) is 24.5. The normalized spacial score (nSPS) is 11.1. The van der Waals surface area contributed by atoms with E-state index in [4.69, 9.17) is 5.11 Å². The molecule has 6 heteroatoms. The van der Waals surface area contributed by atoms with E-state index in [0.717, 1.165) is 4.88 Å². The molecule has 1 heterocycles. The quantitative estimate of drug-likeness (QED) is 0.766. The number of carbonyl (C=O) groups excluding carboxylic acids is 1. The molecule has 0 aliphatic carbocycles. The van der Waals surface area contributed by atoms with Gasteiger partial charge in [0, 0.05) is 15.3 Å². The van der Waals surface area contributed by atoms with Crippen LogP contribution in [0.5, 0.6) is 0 Å². The van der Waals surface area contributed by atoms with Gasteiger partial charge in [-0.2, -0.15) is 0 Å². The van der Waals surface area contributed by atoms with Crippen molar-refractivity contribution in [3.05, 3.63) is 21.9 Å². The molecule has 1 aromatic heterocycles. The number of aliphatic carboxylic acids is 1. The van der Waals surface area contributed by atoms with Gasteiger partial charge in [-0.1, -0.05) is 0 Å². The van der Waals surface area contributed by atoms with Crippen molar-refractivity contribution in [2.75, 3.05) is 0 Å². The Balaban J connectivity index is 2.39. The van der Waals surface area contributed by atoms with Crippen LogP contribution in [-0.4, -0.2) is 22.6 Å². The van der Waals surface area contributed by atoms with E-state index in [1.165, 1.54) is 4.88 Å². The molecule has 0 fully saturated rings. The molecule has 100 valence electrons. The smallest absolute Gasteiger partial charge is 0.315 e. The van der Waals surface area contributed by atoms with Crippen LogP contribution in [0.25, 0.3) is 0 Å². The summed E-state index contributed by atoms with van der Waals surface area (Å²) in [5, 5.41) is 14.1. The second kappa shape index (κ2) is 5.86. The number of hydrogen-bond donors (Lipinski definition) is 3. The van der Waals surface area contributed by atoms with E-state index >= 15 is 0 Å². The monoisotopic (exact) mass is 270 g/mol. The maximum Gasteiger partial charge on any atom is 0.315 e. The summed E-state index contributed by atoms with van der Waals surface area (Å²) < 4.78 is 0. The predicted octanol–water partition coefficient (Wildman–Crippen LogP) is 2.11. The van der Waals surface area contributed by atoms with Crippen LogP contribution < -0.4 is 10.6 Å². The SMILES string of the molecule is Cc1ccc(CNC(=O)NC(C)(C)CC(=O)O)s1. The number of carboxylic acid groups (broad SMARTS) is 1. The highest BCUT2D eigenvalue weighted by Crippen LogP contribution is 2.14. The third-order valence-electron chi connectivity index (χ3n) is 2.26. The molecule has 0 aliphatic rings. The van der Waals surface area contributed by atoms with Crippen molar-refractivity contribution in [1.29, 1.82) is 0 Å². The van der Waals surface area contributed by atoms with Gasteiger partial charge in [0.05, 0.1) is 13.0 Å². The zero-order valence-electron chi connectivity index (χ0n) is 10.7. The first kappa shape index (κ1) is 14.5. The molecule has 0 unspecified atom stereocenters. The van der Waals surface area contributed by atoms with Gasteiger partial charge in [0.15, 0.2) is 0 Å². The highest BCUT2D eigenvalue weighted by Gasteiger charge is 2.23. The molecule has 0 aromatic carbocycles. The average Bonchev–Trinajstić information content (AvgIpc) is 2.58. The number of nitrogens with one attached hydrogen (secondary N) is 2. The van der Waals surface area contributed by atoms with Crippen molar-refractivity contribution in [2.45, 2.75) is 39.3 Å². The van der Waals surface area contributed by atoms with Gasteiger partial charge in [0.2, 0.25) is 0 Å². The number of urea groups is 1. The first-order valence-corrected chi connectivity index (χ1v) is 6.43. The Labute approximate surface area is 110 Å². The molecule has 0 saturated carbocycles. The van der Waals surface area contributed by atoms with Gasteiger partial charge in [-0.05, 0) is 32.9 Å². The summed E-state index contributed by atoms with van der Waals surface area (Å²) in [6, 6.07) is 3.60. The van der Waals surface area contributed by atoms with Crippen molar-refractivity contribution in [1.82, 2.24) is 10.6 Å². The van der Waals surface area contributed by atoms with Gasteiger partial charge in [-0.15, -0.1) is 11.3 Å². The Bertz CT molecular complexity index is 440. The minimum absolute atomic E-state index is 0.113. The van der Waals surface area contributed by atoms with Crippen LogP contribution in [0.2, 0.25) is 0 Å². The zero-order valence-corrected chi connectivity index (χ0v) is 11.6. The molecule has 0 spiro atoms. The molecule has 0 bridgehead atoms. The molecule has 0 atom stereocenters. The van der Waals surface area contributed by atoms with Crippen LogP contribution in [0.15, 0.2) is 12.1 Å². The van der Waals surface area contributed by atoms with Crippen molar-refractivity contribution in [3.63, 3.8) is 0 Å². The number of carbonyl (C=O) groups is 2. The van der Waals surface area contributed by atoms with Crippen LogP contribution in [0.1, 0.15) is 30.0 Å². The van der Waals surface area contributed by atoms with E-state index in [2.05, 4.69) is 10.6 Å². The van der Waals surface area contributed by atoms with E-state index in [1.807, 2.05) is 19.1 Å². The van der Waals surface area contributed by atoms with Crippen LogP contribution in [0.4, 0.5) is 4.79 Å². The predicted molar refractivity (Wildman–Crippen MR) is 70.8 cm³/mol. The lowest BCUT2D eigenvalue weighted by Crippen LogP contribution is -2.49. The highest BCUT2D eigenvalue weighted by molar-refractivity contribution is 7.11. The van der Waals surface area contributed by atoms with E-state index in [-0.39, 0.29) is 12.5 Å². The molecule has 1 aromatic rings. The largest absolute Gasteiger partial charge is 0.481 e. The molecule has 2 amide bonds. The molecule has 3 N–H and O–H groups in total.